The van der Waals surface area contributed by atoms with Gasteiger partial charge in [0.2, 0.25) is 0 Å². The molecule has 1 heterocycles. The van der Waals surface area contributed by atoms with Gasteiger partial charge in [0.05, 0.1) is 11.0 Å². The Hall–Kier alpha value is -1.99. The van der Waals surface area contributed by atoms with E-state index in [2.05, 4.69) is 4.98 Å². The molecule has 0 aliphatic heterocycles. The number of aliphatic hydroxyl groups is 1. The topological polar surface area (TPSA) is 85.5 Å². The fourth-order valence-corrected chi connectivity index (χ4v) is 2.10. The summed E-state index contributed by atoms with van der Waals surface area (Å²) in [6, 6.07) is 4.17. The summed E-state index contributed by atoms with van der Waals surface area (Å²) in [4.78, 5) is 14.3. The number of nitro benzene ring substituents is 1. The van der Waals surface area contributed by atoms with Gasteiger partial charge in [-0.2, -0.15) is 0 Å². The third kappa shape index (κ3) is 3.27. The van der Waals surface area contributed by atoms with E-state index in [0.717, 1.165) is 5.01 Å². The SMILES string of the molecule is CC(O)c1cc([N+](=O)[O-])ccc1OCc1nccs1. The highest BCUT2D eigenvalue weighted by Gasteiger charge is 2.15. The van der Waals surface area contributed by atoms with E-state index in [1.54, 1.807) is 6.20 Å². The summed E-state index contributed by atoms with van der Waals surface area (Å²) in [5, 5.41) is 23.0. The molecule has 0 aliphatic rings. The van der Waals surface area contributed by atoms with Gasteiger partial charge in [0.25, 0.3) is 5.69 Å². The van der Waals surface area contributed by atoms with Crippen LogP contribution in [-0.4, -0.2) is 15.0 Å². The fourth-order valence-electron chi connectivity index (χ4n) is 1.57. The minimum atomic E-state index is -0.841. The Morgan fingerprint density at radius 1 is 1.58 bits per heavy atom. The first-order chi connectivity index (χ1) is 9.08. The van der Waals surface area contributed by atoms with Crippen molar-refractivity contribution in [1.82, 2.24) is 4.98 Å². The molecule has 7 heteroatoms. The molecule has 2 aromatic rings. The predicted octanol–water partition coefficient (Wildman–Crippen LogP) is 2.68. The summed E-state index contributed by atoms with van der Waals surface area (Å²) >= 11 is 1.46. The smallest absolute Gasteiger partial charge is 0.270 e. The fraction of sp³-hybridized carbons (Fsp3) is 0.250. The molecule has 6 nitrogen and oxygen atoms in total. The lowest BCUT2D eigenvalue weighted by Crippen LogP contribution is -2.02. The molecule has 1 aromatic carbocycles. The van der Waals surface area contributed by atoms with Crippen molar-refractivity contribution in [2.45, 2.75) is 19.6 Å². The van der Waals surface area contributed by atoms with E-state index in [1.165, 1.54) is 36.5 Å². The van der Waals surface area contributed by atoms with Crippen LogP contribution in [0.3, 0.4) is 0 Å². The quantitative estimate of drug-likeness (QED) is 0.672. The van der Waals surface area contributed by atoms with Crippen LogP contribution in [-0.2, 0) is 6.61 Å². The zero-order chi connectivity index (χ0) is 13.8. The van der Waals surface area contributed by atoms with Crippen LogP contribution in [0.2, 0.25) is 0 Å². The van der Waals surface area contributed by atoms with Crippen LogP contribution < -0.4 is 4.74 Å². The first-order valence-corrected chi connectivity index (χ1v) is 6.43. The number of rotatable bonds is 5. The Balaban J connectivity index is 2.21. The second-order valence-electron chi connectivity index (χ2n) is 3.87. The lowest BCUT2D eigenvalue weighted by atomic mass is 10.1. The van der Waals surface area contributed by atoms with Crippen molar-refractivity contribution in [3.63, 3.8) is 0 Å². The molecule has 100 valence electrons. The van der Waals surface area contributed by atoms with E-state index in [-0.39, 0.29) is 12.3 Å². The van der Waals surface area contributed by atoms with Crippen LogP contribution in [0, 0.1) is 10.1 Å². The number of nitrogens with zero attached hydrogens (tertiary/aromatic N) is 2. The van der Waals surface area contributed by atoms with E-state index in [1.807, 2.05) is 5.38 Å². The zero-order valence-corrected chi connectivity index (χ0v) is 11.0. The Bertz CT molecular complexity index is 569. The Kier molecular flexibility index (Phi) is 4.08. The Morgan fingerprint density at radius 3 is 2.95 bits per heavy atom. The van der Waals surface area contributed by atoms with Crippen LogP contribution in [0.1, 0.15) is 23.6 Å². The second kappa shape index (κ2) is 5.77. The molecule has 1 aromatic heterocycles. The maximum Gasteiger partial charge on any atom is 0.270 e. The molecule has 0 bridgehead atoms. The number of ether oxygens (including phenoxy) is 1. The van der Waals surface area contributed by atoms with Crippen molar-refractivity contribution in [3.8, 4) is 5.75 Å². The third-order valence-electron chi connectivity index (χ3n) is 2.49. The molecule has 0 aliphatic carbocycles. The van der Waals surface area contributed by atoms with Gasteiger partial charge in [-0.3, -0.25) is 10.1 Å². The average molecular weight is 280 g/mol. The van der Waals surface area contributed by atoms with Crippen LogP contribution in [0.4, 0.5) is 5.69 Å². The van der Waals surface area contributed by atoms with Crippen LogP contribution in [0.15, 0.2) is 29.8 Å². The van der Waals surface area contributed by atoms with Crippen molar-refractivity contribution in [3.05, 3.63) is 50.5 Å². The highest BCUT2D eigenvalue weighted by molar-refractivity contribution is 7.09. The van der Waals surface area contributed by atoms with Gasteiger partial charge in [-0.25, -0.2) is 4.98 Å². The van der Waals surface area contributed by atoms with Crippen LogP contribution >= 0.6 is 11.3 Å². The maximum atomic E-state index is 10.7. The van der Waals surface area contributed by atoms with Gasteiger partial charge in [-0.1, -0.05) is 0 Å². The minimum absolute atomic E-state index is 0.0718. The van der Waals surface area contributed by atoms with Gasteiger partial charge in [-0.05, 0) is 13.0 Å². The molecule has 0 spiro atoms. The summed E-state index contributed by atoms with van der Waals surface area (Å²) in [5.41, 5.74) is 0.322. The molecule has 0 saturated carbocycles. The van der Waals surface area contributed by atoms with E-state index in [4.69, 9.17) is 4.74 Å². The van der Waals surface area contributed by atoms with Gasteiger partial charge < -0.3 is 9.84 Å². The summed E-state index contributed by atoms with van der Waals surface area (Å²) in [6.07, 6.45) is 0.834. The highest BCUT2D eigenvalue weighted by Crippen LogP contribution is 2.30. The van der Waals surface area contributed by atoms with E-state index >= 15 is 0 Å². The molecule has 2 rings (SSSR count). The molecule has 0 amide bonds. The summed E-state index contributed by atoms with van der Waals surface area (Å²) < 4.78 is 5.54. The van der Waals surface area contributed by atoms with Gasteiger partial charge in [0.15, 0.2) is 0 Å². The van der Waals surface area contributed by atoms with Gasteiger partial charge in [-0.15, -0.1) is 11.3 Å². The molecule has 1 atom stereocenters. The van der Waals surface area contributed by atoms with Crippen molar-refractivity contribution in [2.75, 3.05) is 0 Å². The maximum absolute atomic E-state index is 10.7. The Morgan fingerprint density at radius 2 is 2.37 bits per heavy atom. The standard InChI is InChI=1S/C12H12N2O4S/c1-8(15)10-6-9(14(16)17)2-3-11(10)18-7-12-13-4-5-19-12/h2-6,8,15H,7H2,1H3. The van der Waals surface area contributed by atoms with Crippen LogP contribution in [0.5, 0.6) is 5.75 Å². The largest absolute Gasteiger partial charge is 0.486 e. The molecule has 1 unspecified atom stereocenters. The lowest BCUT2D eigenvalue weighted by Gasteiger charge is -2.12. The minimum Gasteiger partial charge on any atom is -0.486 e. The monoisotopic (exact) mass is 280 g/mol. The normalized spacial score (nSPS) is 12.1. The van der Waals surface area contributed by atoms with Crippen molar-refractivity contribution < 1.29 is 14.8 Å². The number of aromatic nitrogens is 1. The molecule has 0 saturated heterocycles. The lowest BCUT2D eigenvalue weighted by molar-refractivity contribution is -0.385. The van der Waals surface area contributed by atoms with Gasteiger partial charge >= 0.3 is 0 Å². The van der Waals surface area contributed by atoms with E-state index in [0.29, 0.717) is 11.3 Å². The first-order valence-electron chi connectivity index (χ1n) is 5.55. The molecule has 0 radical (unpaired) electrons. The zero-order valence-electron chi connectivity index (χ0n) is 10.1. The summed E-state index contributed by atoms with van der Waals surface area (Å²) in [5.74, 6) is 0.427. The molecule has 1 N–H and O–H groups in total. The van der Waals surface area contributed by atoms with Crippen molar-refractivity contribution in [2.24, 2.45) is 0 Å². The molecule has 0 fully saturated rings. The number of non-ortho nitro benzene ring substituents is 1. The number of aliphatic hydroxyl groups excluding tert-OH is 1. The number of hydrogen-bond donors (Lipinski definition) is 1. The predicted molar refractivity (Wildman–Crippen MR) is 70.2 cm³/mol. The van der Waals surface area contributed by atoms with Crippen molar-refractivity contribution >= 4 is 17.0 Å². The van der Waals surface area contributed by atoms with E-state index < -0.39 is 11.0 Å². The number of nitro groups is 1. The van der Waals surface area contributed by atoms with E-state index in [9.17, 15) is 15.2 Å². The second-order valence-corrected chi connectivity index (χ2v) is 4.85. The van der Waals surface area contributed by atoms with Gasteiger partial charge in [0, 0.05) is 29.3 Å². The van der Waals surface area contributed by atoms with Crippen LogP contribution in [0.25, 0.3) is 0 Å². The molecule has 19 heavy (non-hydrogen) atoms. The average Bonchev–Trinajstić information content (AvgIpc) is 2.89. The summed E-state index contributed by atoms with van der Waals surface area (Å²) in [6.45, 7) is 1.81. The number of thiazole rings is 1. The third-order valence-corrected chi connectivity index (χ3v) is 3.24. The molecular weight excluding hydrogens is 268 g/mol. The molecular formula is C12H12N2O4S. The van der Waals surface area contributed by atoms with Crippen molar-refractivity contribution in [1.29, 1.82) is 0 Å². The first kappa shape index (κ1) is 13.4. The van der Waals surface area contributed by atoms with Gasteiger partial charge in [0.1, 0.15) is 17.4 Å². The number of hydrogen-bond acceptors (Lipinski definition) is 6. The summed E-state index contributed by atoms with van der Waals surface area (Å²) in [7, 11) is 0. The number of benzene rings is 1. The Labute approximate surface area is 113 Å². The highest BCUT2D eigenvalue weighted by atomic mass is 32.1.